The number of rotatable bonds is 6. The topological polar surface area (TPSA) is 53.7 Å². The fourth-order valence-electron chi connectivity index (χ4n) is 2.11. The van der Waals surface area contributed by atoms with Crippen molar-refractivity contribution in [3.63, 3.8) is 0 Å². The highest BCUT2D eigenvalue weighted by Crippen LogP contribution is 2.32. The Kier molecular flexibility index (Phi) is 5.44. The second kappa shape index (κ2) is 6.61. The first-order chi connectivity index (χ1) is 8.54. The van der Waals surface area contributed by atoms with E-state index in [4.69, 9.17) is 19.9 Å². The van der Waals surface area contributed by atoms with E-state index in [1.54, 1.807) is 21.3 Å². The number of nitrogens with two attached hydrogens (primary N) is 1. The van der Waals surface area contributed by atoms with Crippen LogP contribution < -0.4 is 15.2 Å². The van der Waals surface area contributed by atoms with Gasteiger partial charge in [0, 0.05) is 12.7 Å². The number of hydrogen-bond acceptors (Lipinski definition) is 4. The van der Waals surface area contributed by atoms with E-state index >= 15 is 0 Å². The third-order valence-electron chi connectivity index (χ3n) is 3.08. The molecular formula is C14H23NO3. The van der Waals surface area contributed by atoms with Crippen LogP contribution >= 0.6 is 0 Å². The molecule has 0 aliphatic carbocycles. The second-order valence-electron chi connectivity index (χ2n) is 4.58. The minimum absolute atomic E-state index is 0.0639. The van der Waals surface area contributed by atoms with E-state index in [0.717, 1.165) is 17.1 Å². The molecule has 0 saturated heterocycles. The van der Waals surface area contributed by atoms with E-state index < -0.39 is 0 Å². The van der Waals surface area contributed by atoms with Crippen LogP contribution in [0, 0.1) is 5.92 Å². The largest absolute Gasteiger partial charge is 0.497 e. The maximum absolute atomic E-state index is 6.29. The van der Waals surface area contributed by atoms with E-state index in [-0.39, 0.29) is 12.1 Å². The molecule has 0 aliphatic heterocycles. The first kappa shape index (κ1) is 14.8. The molecule has 0 aliphatic rings. The molecule has 0 bridgehead atoms. The van der Waals surface area contributed by atoms with Crippen LogP contribution in [-0.2, 0) is 4.74 Å². The van der Waals surface area contributed by atoms with E-state index in [1.807, 2.05) is 18.2 Å². The van der Waals surface area contributed by atoms with Crippen molar-refractivity contribution in [2.24, 2.45) is 11.7 Å². The molecule has 0 fully saturated rings. The molecule has 2 unspecified atom stereocenters. The van der Waals surface area contributed by atoms with Gasteiger partial charge in [-0.15, -0.1) is 0 Å². The average Bonchev–Trinajstić information content (AvgIpc) is 2.38. The summed E-state index contributed by atoms with van der Waals surface area (Å²) in [5.41, 5.74) is 7.19. The highest BCUT2D eigenvalue weighted by molar-refractivity contribution is 5.42. The van der Waals surface area contributed by atoms with Gasteiger partial charge in [-0.05, 0) is 24.1 Å². The molecule has 0 spiro atoms. The van der Waals surface area contributed by atoms with Gasteiger partial charge < -0.3 is 19.9 Å². The highest BCUT2D eigenvalue weighted by Gasteiger charge is 2.25. The number of hydrogen-bond donors (Lipinski definition) is 1. The van der Waals surface area contributed by atoms with Gasteiger partial charge in [-0.25, -0.2) is 0 Å². The van der Waals surface area contributed by atoms with Crippen molar-refractivity contribution in [3.05, 3.63) is 23.8 Å². The molecular weight excluding hydrogens is 230 g/mol. The van der Waals surface area contributed by atoms with Crippen molar-refractivity contribution >= 4 is 0 Å². The van der Waals surface area contributed by atoms with E-state index in [2.05, 4.69) is 13.8 Å². The van der Waals surface area contributed by atoms with Crippen LogP contribution in [0.1, 0.15) is 25.5 Å². The Morgan fingerprint density at radius 3 is 2.17 bits per heavy atom. The quantitative estimate of drug-likeness (QED) is 0.845. The first-order valence-corrected chi connectivity index (χ1v) is 6.05. The van der Waals surface area contributed by atoms with Gasteiger partial charge in [0.05, 0.1) is 26.4 Å². The molecule has 1 aromatic rings. The van der Waals surface area contributed by atoms with Crippen molar-refractivity contribution in [3.8, 4) is 11.5 Å². The normalized spacial score (nSPS) is 14.4. The smallest absolute Gasteiger partial charge is 0.123 e. The van der Waals surface area contributed by atoms with Crippen LogP contribution in [0.25, 0.3) is 0 Å². The van der Waals surface area contributed by atoms with E-state index in [1.165, 1.54) is 0 Å². The summed E-state index contributed by atoms with van der Waals surface area (Å²) in [6.45, 7) is 4.17. The summed E-state index contributed by atoms with van der Waals surface area (Å²) in [6, 6.07) is 5.37. The fourth-order valence-corrected chi connectivity index (χ4v) is 2.11. The molecule has 0 saturated carbocycles. The zero-order valence-electron chi connectivity index (χ0n) is 11.8. The van der Waals surface area contributed by atoms with Gasteiger partial charge in [0.25, 0.3) is 0 Å². The Bertz CT molecular complexity index is 379. The number of methoxy groups -OCH3 is 3. The van der Waals surface area contributed by atoms with Crippen LogP contribution in [0.3, 0.4) is 0 Å². The Hall–Kier alpha value is -1.26. The van der Waals surface area contributed by atoms with Crippen LogP contribution in [0.4, 0.5) is 0 Å². The zero-order chi connectivity index (χ0) is 13.7. The zero-order valence-corrected chi connectivity index (χ0v) is 11.8. The fraction of sp³-hybridized carbons (Fsp3) is 0.571. The monoisotopic (exact) mass is 253 g/mol. The van der Waals surface area contributed by atoms with Gasteiger partial charge in [-0.3, -0.25) is 0 Å². The molecule has 0 heterocycles. The van der Waals surface area contributed by atoms with Crippen molar-refractivity contribution < 1.29 is 14.2 Å². The van der Waals surface area contributed by atoms with E-state index in [9.17, 15) is 0 Å². The summed E-state index contributed by atoms with van der Waals surface area (Å²) in [5.74, 6) is 1.84. The lowest BCUT2D eigenvalue weighted by Crippen LogP contribution is -2.32. The summed E-state index contributed by atoms with van der Waals surface area (Å²) in [7, 11) is 4.94. The maximum Gasteiger partial charge on any atom is 0.123 e. The summed E-state index contributed by atoms with van der Waals surface area (Å²) in [4.78, 5) is 0. The summed E-state index contributed by atoms with van der Waals surface area (Å²) < 4.78 is 16.1. The molecule has 18 heavy (non-hydrogen) atoms. The maximum atomic E-state index is 6.29. The average molecular weight is 253 g/mol. The minimum Gasteiger partial charge on any atom is -0.497 e. The Morgan fingerprint density at radius 1 is 1.06 bits per heavy atom. The van der Waals surface area contributed by atoms with Crippen molar-refractivity contribution in [1.29, 1.82) is 0 Å². The Morgan fingerprint density at radius 2 is 1.72 bits per heavy atom. The molecule has 4 heteroatoms. The standard InChI is InChI=1S/C14H23NO3/c1-9(2)14(18-5)13(15)11-8-10(16-3)6-7-12(11)17-4/h6-9,13-14H,15H2,1-5H3. The van der Waals surface area contributed by atoms with Crippen molar-refractivity contribution in [1.82, 2.24) is 0 Å². The SMILES string of the molecule is COc1ccc(OC)c(C(N)C(OC)C(C)C)c1. The first-order valence-electron chi connectivity index (χ1n) is 6.05. The van der Waals surface area contributed by atoms with Crippen LogP contribution in [0.15, 0.2) is 18.2 Å². The molecule has 4 nitrogen and oxygen atoms in total. The van der Waals surface area contributed by atoms with Gasteiger partial charge in [0.15, 0.2) is 0 Å². The molecule has 102 valence electrons. The lowest BCUT2D eigenvalue weighted by Gasteiger charge is -2.27. The van der Waals surface area contributed by atoms with Crippen molar-refractivity contribution in [2.45, 2.75) is 26.0 Å². The van der Waals surface area contributed by atoms with Gasteiger partial charge in [0.2, 0.25) is 0 Å². The van der Waals surface area contributed by atoms with Crippen LogP contribution in [-0.4, -0.2) is 27.4 Å². The Labute approximate surface area is 109 Å². The third-order valence-corrected chi connectivity index (χ3v) is 3.08. The predicted molar refractivity (Wildman–Crippen MR) is 72.1 cm³/mol. The lowest BCUT2D eigenvalue weighted by molar-refractivity contribution is 0.0430. The molecule has 2 atom stereocenters. The predicted octanol–water partition coefficient (Wildman–Crippen LogP) is 2.37. The van der Waals surface area contributed by atoms with Gasteiger partial charge in [-0.1, -0.05) is 13.8 Å². The highest BCUT2D eigenvalue weighted by atomic mass is 16.5. The van der Waals surface area contributed by atoms with Crippen molar-refractivity contribution in [2.75, 3.05) is 21.3 Å². The third kappa shape index (κ3) is 3.15. The molecule has 0 radical (unpaired) electrons. The van der Waals surface area contributed by atoms with E-state index in [0.29, 0.717) is 5.92 Å². The van der Waals surface area contributed by atoms with Gasteiger partial charge in [-0.2, -0.15) is 0 Å². The van der Waals surface area contributed by atoms with Crippen LogP contribution in [0.2, 0.25) is 0 Å². The molecule has 1 aromatic carbocycles. The summed E-state index contributed by atoms with van der Waals surface area (Å²) in [6.07, 6.45) is -0.0639. The lowest BCUT2D eigenvalue weighted by atomic mass is 9.93. The second-order valence-corrected chi connectivity index (χ2v) is 4.58. The van der Waals surface area contributed by atoms with Gasteiger partial charge >= 0.3 is 0 Å². The minimum atomic E-state index is -0.250. The Balaban J connectivity index is 3.12. The molecule has 1 rings (SSSR count). The van der Waals surface area contributed by atoms with Gasteiger partial charge in [0.1, 0.15) is 11.5 Å². The molecule has 2 N–H and O–H groups in total. The molecule has 0 aromatic heterocycles. The number of benzene rings is 1. The summed E-state index contributed by atoms with van der Waals surface area (Å²) >= 11 is 0. The molecule has 0 amide bonds. The summed E-state index contributed by atoms with van der Waals surface area (Å²) in [5, 5.41) is 0. The van der Waals surface area contributed by atoms with Crippen LogP contribution in [0.5, 0.6) is 11.5 Å². The number of ether oxygens (including phenoxy) is 3.